The van der Waals surface area contributed by atoms with Gasteiger partial charge in [-0.05, 0) is 50.2 Å². The highest BCUT2D eigenvalue weighted by atomic mass is 35.5. The second-order valence-corrected chi connectivity index (χ2v) is 7.88. The first-order chi connectivity index (χ1) is 15.6. The highest BCUT2D eigenvalue weighted by Gasteiger charge is 2.35. The molecule has 0 saturated heterocycles. The van der Waals surface area contributed by atoms with Crippen molar-refractivity contribution in [1.29, 1.82) is 0 Å². The van der Waals surface area contributed by atoms with Crippen molar-refractivity contribution in [2.24, 2.45) is 0 Å². The molecule has 0 bridgehead atoms. The molecule has 1 N–H and O–H groups in total. The molecule has 2 aromatic heterocycles. The number of para-hydroxylation sites is 1. The van der Waals surface area contributed by atoms with E-state index in [0.717, 1.165) is 27.8 Å². The van der Waals surface area contributed by atoms with Gasteiger partial charge in [0.05, 0.1) is 16.4 Å². The molecule has 0 fully saturated rings. The maximum Gasteiger partial charge on any atom is 0.435 e. The molecule has 4 rings (SSSR count). The largest absolute Gasteiger partial charge is 0.466 e. The lowest BCUT2D eigenvalue weighted by molar-refractivity contribution is -0.141. The summed E-state index contributed by atoms with van der Waals surface area (Å²) in [6, 6.07) is 15.6. The van der Waals surface area contributed by atoms with Gasteiger partial charge in [0.1, 0.15) is 11.5 Å². The molecule has 4 aromatic rings. The van der Waals surface area contributed by atoms with Crippen LogP contribution in [0.4, 0.5) is 13.2 Å². The van der Waals surface area contributed by atoms with Crippen LogP contribution in [0.3, 0.4) is 0 Å². The minimum atomic E-state index is -4.62. The second-order valence-electron chi connectivity index (χ2n) is 7.47. The summed E-state index contributed by atoms with van der Waals surface area (Å²) in [4.78, 5) is 12.5. The van der Waals surface area contributed by atoms with E-state index in [-0.39, 0.29) is 16.6 Å². The molecule has 2 heterocycles. The molecule has 5 nitrogen and oxygen atoms in total. The van der Waals surface area contributed by atoms with Crippen molar-refractivity contribution in [1.82, 2.24) is 15.1 Å². The third-order valence-electron chi connectivity index (χ3n) is 5.11. The smallest absolute Gasteiger partial charge is 0.435 e. The number of hydrogen-bond donors (Lipinski definition) is 1. The fourth-order valence-electron chi connectivity index (χ4n) is 3.46. The van der Waals surface area contributed by atoms with Crippen molar-refractivity contribution in [3.63, 3.8) is 0 Å². The van der Waals surface area contributed by atoms with Gasteiger partial charge in [-0.1, -0.05) is 35.9 Å². The third-order valence-corrected chi connectivity index (χ3v) is 5.43. The Morgan fingerprint density at radius 1 is 1.09 bits per heavy atom. The Hall–Kier alpha value is -3.52. The molecular formula is C24H19ClF3N3O2. The van der Waals surface area contributed by atoms with Crippen LogP contribution in [-0.4, -0.2) is 15.7 Å². The van der Waals surface area contributed by atoms with E-state index in [2.05, 4.69) is 10.4 Å². The Morgan fingerprint density at radius 3 is 2.39 bits per heavy atom. The first-order valence-corrected chi connectivity index (χ1v) is 10.4. The van der Waals surface area contributed by atoms with E-state index in [9.17, 15) is 18.0 Å². The molecule has 0 aliphatic heterocycles. The number of carbonyl (C=O) groups excluding carboxylic acids is 1. The van der Waals surface area contributed by atoms with E-state index < -0.39 is 11.9 Å². The van der Waals surface area contributed by atoms with E-state index in [1.54, 1.807) is 48.5 Å². The fourth-order valence-corrected chi connectivity index (χ4v) is 3.68. The van der Waals surface area contributed by atoms with Crippen molar-refractivity contribution in [2.75, 3.05) is 0 Å². The highest BCUT2D eigenvalue weighted by molar-refractivity contribution is 6.32. The van der Waals surface area contributed by atoms with Crippen molar-refractivity contribution in [3.05, 3.63) is 94.0 Å². The second kappa shape index (κ2) is 8.78. The highest BCUT2D eigenvalue weighted by Crippen LogP contribution is 2.34. The van der Waals surface area contributed by atoms with Gasteiger partial charge in [0.15, 0.2) is 5.69 Å². The van der Waals surface area contributed by atoms with Crippen molar-refractivity contribution < 1.29 is 22.4 Å². The van der Waals surface area contributed by atoms with Crippen molar-refractivity contribution in [3.8, 4) is 16.9 Å². The summed E-state index contributed by atoms with van der Waals surface area (Å²) in [5, 5.41) is 6.81. The lowest BCUT2D eigenvalue weighted by atomic mass is 10.1. The van der Waals surface area contributed by atoms with Crippen LogP contribution in [-0.2, 0) is 12.7 Å². The summed E-state index contributed by atoms with van der Waals surface area (Å²) in [6.45, 7) is 3.95. The first kappa shape index (κ1) is 22.7. The molecule has 0 radical (unpaired) electrons. The van der Waals surface area contributed by atoms with E-state index in [1.165, 1.54) is 0 Å². The third kappa shape index (κ3) is 4.80. The number of benzene rings is 2. The van der Waals surface area contributed by atoms with Gasteiger partial charge in [-0.25, -0.2) is 4.68 Å². The maximum absolute atomic E-state index is 13.4. The predicted molar refractivity (Wildman–Crippen MR) is 118 cm³/mol. The molecule has 0 spiro atoms. The number of carbonyl (C=O) groups is 1. The van der Waals surface area contributed by atoms with Gasteiger partial charge in [-0.2, -0.15) is 18.3 Å². The van der Waals surface area contributed by atoms with Gasteiger partial charge < -0.3 is 9.73 Å². The number of alkyl halides is 3. The molecule has 1 amide bonds. The maximum atomic E-state index is 13.4. The topological polar surface area (TPSA) is 60.1 Å². The van der Waals surface area contributed by atoms with Gasteiger partial charge in [-0.3, -0.25) is 4.79 Å². The van der Waals surface area contributed by atoms with Gasteiger partial charge in [0.25, 0.3) is 5.91 Å². The fraction of sp³-hybridized carbons (Fsp3) is 0.167. The first-order valence-electron chi connectivity index (χ1n) is 10.00. The molecule has 0 aliphatic rings. The molecule has 2 aromatic carbocycles. The van der Waals surface area contributed by atoms with E-state index >= 15 is 0 Å². The molecule has 0 unspecified atom stereocenters. The molecule has 33 heavy (non-hydrogen) atoms. The average molecular weight is 474 g/mol. The lowest BCUT2D eigenvalue weighted by Gasteiger charge is -2.10. The van der Waals surface area contributed by atoms with Crippen LogP contribution in [0.15, 0.2) is 65.1 Å². The van der Waals surface area contributed by atoms with Crippen LogP contribution in [0.2, 0.25) is 5.02 Å². The van der Waals surface area contributed by atoms with Crippen molar-refractivity contribution in [2.45, 2.75) is 26.6 Å². The molecule has 0 atom stereocenters. The average Bonchev–Trinajstić information content (AvgIpc) is 3.35. The number of aryl methyl sites for hydroxylation is 2. The van der Waals surface area contributed by atoms with Crippen LogP contribution in [0.1, 0.15) is 33.1 Å². The number of halogens is 4. The normalized spacial score (nSPS) is 11.6. The van der Waals surface area contributed by atoms with Crippen LogP contribution in [0, 0.1) is 13.8 Å². The van der Waals surface area contributed by atoms with Crippen LogP contribution >= 0.6 is 11.6 Å². The number of nitrogens with zero attached hydrogens (tertiary/aromatic N) is 2. The zero-order valence-electron chi connectivity index (χ0n) is 17.7. The van der Waals surface area contributed by atoms with Crippen molar-refractivity contribution >= 4 is 17.5 Å². The van der Waals surface area contributed by atoms with Crippen LogP contribution in [0.5, 0.6) is 0 Å². The van der Waals surface area contributed by atoms with Gasteiger partial charge in [0.2, 0.25) is 0 Å². The van der Waals surface area contributed by atoms with Gasteiger partial charge in [0, 0.05) is 23.2 Å². The Morgan fingerprint density at radius 2 is 1.79 bits per heavy atom. The van der Waals surface area contributed by atoms with Crippen LogP contribution in [0.25, 0.3) is 16.9 Å². The van der Waals surface area contributed by atoms with E-state index in [0.29, 0.717) is 23.4 Å². The number of nitrogens with one attached hydrogen (secondary N) is 1. The zero-order valence-corrected chi connectivity index (χ0v) is 18.5. The number of amides is 1. The van der Waals surface area contributed by atoms with Gasteiger partial charge in [-0.15, -0.1) is 0 Å². The number of hydrogen-bond acceptors (Lipinski definition) is 3. The Bertz CT molecular complexity index is 1310. The SMILES string of the molecule is Cc1cc(CNC(=O)c2ccc(-c3cc(C(F)(F)F)nn3-c3ccccc3Cl)cc2)c(C)o1. The molecule has 170 valence electrons. The summed E-state index contributed by atoms with van der Waals surface area (Å²) in [5.41, 5.74) is 1.18. The Labute approximate surface area is 192 Å². The number of aromatic nitrogens is 2. The molecular weight excluding hydrogens is 455 g/mol. The van der Waals surface area contributed by atoms with E-state index in [4.69, 9.17) is 16.0 Å². The summed E-state index contributed by atoms with van der Waals surface area (Å²) >= 11 is 6.20. The minimum absolute atomic E-state index is 0.201. The monoisotopic (exact) mass is 473 g/mol. The van der Waals surface area contributed by atoms with Gasteiger partial charge >= 0.3 is 6.18 Å². The molecule has 0 saturated carbocycles. The quantitative estimate of drug-likeness (QED) is 0.367. The standard InChI is InChI=1S/C24H19ClF3N3O2/c1-14-11-18(15(2)33-14)13-29-23(32)17-9-7-16(8-10-17)21-12-22(24(26,27)28)30-31(21)20-6-4-3-5-19(20)25/h3-12H,13H2,1-2H3,(H,29,32). The zero-order chi connectivity index (χ0) is 23.8. The minimum Gasteiger partial charge on any atom is -0.466 e. The van der Waals surface area contributed by atoms with Crippen LogP contribution < -0.4 is 5.32 Å². The molecule has 0 aliphatic carbocycles. The summed E-state index contributed by atoms with van der Waals surface area (Å²) in [7, 11) is 0. The number of furan rings is 1. The predicted octanol–water partition coefficient (Wildman–Crippen LogP) is 6.35. The molecule has 9 heteroatoms. The summed E-state index contributed by atoms with van der Waals surface area (Å²) in [6.07, 6.45) is -4.62. The Balaban J connectivity index is 1.62. The number of rotatable bonds is 5. The van der Waals surface area contributed by atoms with E-state index in [1.807, 2.05) is 19.9 Å². The Kier molecular flexibility index (Phi) is 6.03. The lowest BCUT2D eigenvalue weighted by Crippen LogP contribution is -2.22. The summed E-state index contributed by atoms with van der Waals surface area (Å²) in [5.74, 6) is 1.18. The summed E-state index contributed by atoms with van der Waals surface area (Å²) < 4.78 is 46.7.